The fourth-order valence-electron chi connectivity index (χ4n) is 1.81. The van der Waals surface area contributed by atoms with E-state index in [1.54, 1.807) is 0 Å². The van der Waals surface area contributed by atoms with E-state index < -0.39 is 0 Å². The van der Waals surface area contributed by atoms with Crippen LogP contribution in [-0.2, 0) is 11.5 Å². The van der Waals surface area contributed by atoms with Crippen molar-refractivity contribution in [1.82, 2.24) is 29.7 Å². The molecule has 8 nitrogen and oxygen atoms in total. The molecule has 12 heteroatoms. The number of hydrogen-bond donors (Lipinski definition) is 4. The SMILES string of the molecule is Nn1c(SCc2ccc(CSc3n[nH]c(=S)n3N)cc2)n[nH]c1=S. The second-order valence-electron chi connectivity index (χ2n) is 4.76. The van der Waals surface area contributed by atoms with Crippen molar-refractivity contribution in [3.8, 4) is 0 Å². The molecule has 0 fully saturated rings. The average molecular weight is 399 g/mol. The van der Waals surface area contributed by atoms with Gasteiger partial charge in [-0.15, -0.1) is 10.2 Å². The normalized spacial score (nSPS) is 11.0. The molecule has 2 heterocycles. The minimum Gasteiger partial charge on any atom is -0.335 e. The van der Waals surface area contributed by atoms with Crippen molar-refractivity contribution in [2.24, 2.45) is 0 Å². The minimum atomic E-state index is 0.405. The average Bonchev–Trinajstić information content (AvgIpc) is 3.08. The maximum atomic E-state index is 5.77. The van der Waals surface area contributed by atoms with E-state index in [-0.39, 0.29) is 0 Å². The van der Waals surface area contributed by atoms with Crippen LogP contribution in [0.15, 0.2) is 34.6 Å². The Bertz CT molecular complexity index is 858. The molecule has 0 unspecified atom stereocenters. The number of nitrogens with zero attached hydrogens (tertiary/aromatic N) is 4. The van der Waals surface area contributed by atoms with Crippen LogP contribution < -0.4 is 11.7 Å². The lowest BCUT2D eigenvalue weighted by atomic mass is 10.2. The summed E-state index contributed by atoms with van der Waals surface area (Å²) in [5.74, 6) is 13.0. The van der Waals surface area contributed by atoms with Crippen LogP contribution in [0.5, 0.6) is 0 Å². The molecule has 1 aromatic carbocycles. The summed E-state index contributed by atoms with van der Waals surface area (Å²) in [7, 11) is 0. The van der Waals surface area contributed by atoms with Crippen molar-refractivity contribution in [3.05, 3.63) is 44.9 Å². The zero-order chi connectivity index (χ0) is 17.1. The standard InChI is InChI=1S/C12H14N8S4/c13-19-9(21)15-17-11(19)23-5-7-1-2-8(4-3-7)6-24-12-18-16-10(22)20(12)14/h1-4H,5-6,13-14H2,(H,15,21)(H,16,22). The van der Waals surface area contributed by atoms with Gasteiger partial charge in [0.25, 0.3) is 0 Å². The molecule has 2 aromatic heterocycles. The highest BCUT2D eigenvalue weighted by molar-refractivity contribution is 7.98. The molecular weight excluding hydrogens is 384 g/mol. The molecule has 0 radical (unpaired) electrons. The third-order valence-corrected chi connectivity index (χ3v) is 5.73. The summed E-state index contributed by atoms with van der Waals surface area (Å²) in [6, 6.07) is 8.30. The molecule has 3 aromatic rings. The maximum Gasteiger partial charge on any atom is 0.214 e. The monoisotopic (exact) mass is 398 g/mol. The predicted octanol–water partition coefficient (Wildman–Crippen LogP) is 2.21. The zero-order valence-electron chi connectivity index (χ0n) is 12.3. The van der Waals surface area contributed by atoms with Crippen LogP contribution in [0.4, 0.5) is 0 Å². The lowest BCUT2D eigenvalue weighted by molar-refractivity contribution is 0.839. The summed E-state index contributed by atoms with van der Waals surface area (Å²) in [5, 5.41) is 14.8. The van der Waals surface area contributed by atoms with Gasteiger partial charge in [-0.3, -0.25) is 0 Å². The van der Waals surface area contributed by atoms with Gasteiger partial charge in [-0.1, -0.05) is 47.8 Å². The summed E-state index contributed by atoms with van der Waals surface area (Å²) in [6.07, 6.45) is 0. The molecule has 0 aliphatic carbocycles. The molecule has 0 atom stereocenters. The fourth-order valence-corrected chi connectivity index (χ4v) is 3.85. The van der Waals surface area contributed by atoms with Crippen LogP contribution in [0.1, 0.15) is 11.1 Å². The number of aromatic amines is 2. The highest BCUT2D eigenvalue weighted by Crippen LogP contribution is 2.23. The van der Waals surface area contributed by atoms with Gasteiger partial charge in [0.1, 0.15) is 0 Å². The number of benzene rings is 1. The molecule has 3 rings (SSSR count). The van der Waals surface area contributed by atoms with Crippen molar-refractivity contribution in [1.29, 1.82) is 0 Å². The predicted molar refractivity (Wildman–Crippen MR) is 101 cm³/mol. The molecule has 24 heavy (non-hydrogen) atoms. The second-order valence-corrected chi connectivity index (χ2v) is 7.41. The molecule has 0 saturated heterocycles. The van der Waals surface area contributed by atoms with Crippen LogP contribution in [0.25, 0.3) is 0 Å². The lowest BCUT2D eigenvalue weighted by Crippen LogP contribution is -2.09. The summed E-state index contributed by atoms with van der Waals surface area (Å²) in [6.45, 7) is 0. The van der Waals surface area contributed by atoms with E-state index in [0.717, 1.165) is 11.5 Å². The van der Waals surface area contributed by atoms with Crippen LogP contribution in [0.2, 0.25) is 0 Å². The molecular formula is C12H14N8S4. The number of nitrogens with one attached hydrogen (secondary N) is 2. The van der Waals surface area contributed by atoms with Crippen LogP contribution in [0, 0.1) is 9.54 Å². The highest BCUT2D eigenvalue weighted by atomic mass is 32.2. The van der Waals surface area contributed by atoms with Crippen molar-refractivity contribution < 1.29 is 0 Å². The Hall–Kier alpha value is -1.76. The van der Waals surface area contributed by atoms with Gasteiger partial charge in [-0.2, -0.15) is 0 Å². The lowest BCUT2D eigenvalue weighted by Gasteiger charge is -2.04. The van der Waals surface area contributed by atoms with Gasteiger partial charge in [0.15, 0.2) is 0 Å². The Morgan fingerprint density at radius 1 is 0.833 bits per heavy atom. The number of rotatable bonds is 6. The maximum absolute atomic E-state index is 5.77. The van der Waals surface area contributed by atoms with Gasteiger partial charge in [0.05, 0.1) is 0 Å². The fraction of sp³-hybridized carbons (Fsp3) is 0.167. The quantitative estimate of drug-likeness (QED) is 0.283. The first-order valence-electron chi connectivity index (χ1n) is 6.73. The number of aromatic nitrogens is 6. The van der Waals surface area contributed by atoms with Gasteiger partial charge >= 0.3 is 0 Å². The highest BCUT2D eigenvalue weighted by Gasteiger charge is 2.06. The Morgan fingerprint density at radius 2 is 1.21 bits per heavy atom. The van der Waals surface area contributed by atoms with Gasteiger partial charge in [0.2, 0.25) is 19.9 Å². The van der Waals surface area contributed by atoms with Crippen molar-refractivity contribution in [3.63, 3.8) is 0 Å². The summed E-state index contributed by atoms with van der Waals surface area (Å²) in [5.41, 5.74) is 2.34. The number of H-pyrrole nitrogens is 2. The number of nitrogens with two attached hydrogens (primary N) is 2. The van der Waals surface area contributed by atoms with E-state index in [2.05, 4.69) is 44.7 Å². The number of thioether (sulfide) groups is 2. The first kappa shape index (κ1) is 17.1. The Balaban J connectivity index is 1.57. The molecule has 0 aliphatic rings. The van der Waals surface area contributed by atoms with Gasteiger partial charge < -0.3 is 11.7 Å². The third kappa shape index (κ3) is 3.83. The largest absolute Gasteiger partial charge is 0.335 e. The summed E-state index contributed by atoms with van der Waals surface area (Å²) >= 11 is 13.0. The van der Waals surface area contributed by atoms with E-state index in [0.29, 0.717) is 19.9 Å². The third-order valence-electron chi connectivity index (χ3n) is 3.10. The van der Waals surface area contributed by atoms with Crippen molar-refractivity contribution in [2.75, 3.05) is 11.7 Å². The Labute approximate surface area is 156 Å². The smallest absolute Gasteiger partial charge is 0.214 e. The van der Waals surface area contributed by atoms with E-state index in [1.165, 1.54) is 44.0 Å². The first-order valence-corrected chi connectivity index (χ1v) is 9.52. The Kier molecular flexibility index (Phi) is 5.28. The zero-order valence-corrected chi connectivity index (χ0v) is 15.6. The molecule has 0 spiro atoms. The van der Waals surface area contributed by atoms with Crippen LogP contribution in [0.3, 0.4) is 0 Å². The van der Waals surface area contributed by atoms with Crippen LogP contribution >= 0.6 is 48.0 Å². The molecule has 6 N–H and O–H groups in total. The van der Waals surface area contributed by atoms with Gasteiger partial charge in [-0.05, 0) is 35.6 Å². The number of nitrogen functional groups attached to an aromatic ring is 2. The topological polar surface area (TPSA) is 119 Å². The number of hydrogen-bond acceptors (Lipinski definition) is 8. The van der Waals surface area contributed by atoms with Crippen LogP contribution in [-0.4, -0.2) is 29.7 Å². The molecule has 126 valence electrons. The second kappa shape index (κ2) is 7.42. The molecule has 0 aliphatic heterocycles. The molecule has 0 amide bonds. The van der Waals surface area contributed by atoms with Gasteiger partial charge in [0, 0.05) is 11.5 Å². The summed E-state index contributed by atoms with van der Waals surface area (Å²) in [4.78, 5) is 0. The Morgan fingerprint density at radius 3 is 1.50 bits per heavy atom. The van der Waals surface area contributed by atoms with E-state index in [9.17, 15) is 0 Å². The van der Waals surface area contributed by atoms with Gasteiger partial charge in [-0.25, -0.2) is 19.5 Å². The van der Waals surface area contributed by atoms with E-state index >= 15 is 0 Å². The minimum absolute atomic E-state index is 0.405. The van der Waals surface area contributed by atoms with E-state index in [1.807, 2.05) is 0 Å². The summed E-state index contributed by atoms with van der Waals surface area (Å²) < 4.78 is 3.54. The van der Waals surface area contributed by atoms with Crippen molar-refractivity contribution >= 4 is 48.0 Å². The molecule has 0 saturated carbocycles. The van der Waals surface area contributed by atoms with Crippen molar-refractivity contribution in [2.45, 2.75) is 21.8 Å². The first-order chi connectivity index (χ1) is 11.5. The van der Waals surface area contributed by atoms with E-state index in [4.69, 9.17) is 36.1 Å². The molecule has 0 bridgehead atoms.